The molecule has 0 saturated carbocycles. The summed E-state index contributed by atoms with van der Waals surface area (Å²) in [7, 11) is 0. The molecule has 122 valence electrons. The number of nitrogens with zero attached hydrogens (tertiary/aromatic N) is 1. The van der Waals surface area contributed by atoms with Gasteiger partial charge in [0.15, 0.2) is 0 Å². The van der Waals surface area contributed by atoms with Gasteiger partial charge >= 0.3 is 0 Å². The van der Waals surface area contributed by atoms with Gasteiger partial charge in [-0.15, -0.1) is 0 Å². The van der Waals surface area contributed by atoms with Crippen LogP contribution < -0.4 is 4.74 Å². The van der Waals surface area contributed by atoms with Gasteiger partial charge in [0.2, 0.25) is 0 Å². The van der Waals surface area contributed by atoms with Gasteiger partial charge in [0.25, 0.3) is 0 Å². The number of hydrogen-bond donors (Lipinski definition) is 0. The van der Waals surface area contributed by atoms with Gasteiger partial charge < -0.3 is 4.74 Å². The van der Waals surface area contributed by atoms with E-state index in [-0.39, 0.29) is 0 Å². The van der Waals surface area contributed by atoms with Crippen LogP contribution in [0.3, 0.4) is 0 Å². The smallest absolute Gasteiger partial charge is 0.120 e. The van der Waals surface area contributed by atoms with Crippen molar-refractivity contribution in [3.8, 4) is 16.9 Å². The highest BCUT2D eigenvalue weighted by Gasteiger charge is 2.03. The lowest BCUT2D eigenvalue weighted by Gasteiger charge is -2.09. The summed E-state index contributed by atoms with van der Waals surface area (Å²) in [5.74, 6) is 0.884. The second-order valence-electron chi connectivity index (χ2n) is 5.87. The fourth-order valence-electron chi connectivity index (χ4n) is 2.78. The fraction of sp³-hybridized carbons (Fsp3) is 0.0455. The van der Waals surface area contributed by atoms with Crippen molar-refractivity contribution in [3.05, 3.63) is 95.2 Å². The van der Waals surface area contributed by atoms with E-state index in [1.165, 1.54) is 16.3 Å². The highest BCUT2D eigenvalue weighted by atomic mass is 79.9. The molecule has 1 aromatic heterocycles. The molecule has 2 nitrogen and oxygen atoms in total. The lowest BCUT2D eigenvalue weighted by molar-refractivity contribution is 0.306. The number of benzene rings is 3. The van der Waals surface area contributed by atoms with Gasteiger partial charge in [0, 0.05) is 11.8 Å². The number of aromatic nitrogens is 1. The van der Waals surface area contributed by atoms with Crippen LogP contribution in [-0.2, 0) is 6.61 Å². The Kier molecular flexibility index (Phi) is 4.49. The van der Waals surface area contributed by atoms with Gasteiger partial charge in [-0.1, -0.05) is 54.6 Å². The Labute approximate surface area is 155 Å². The Morgan fingerprint density at radius 2 is 1.52 bits per heavy atom. The second kappa shape index (κ2) is 7.08. The lowest BCUT2D eigenvalue weighted by Crippen LogP contribution is -1.94. The minimum absolute atomic E-state index is 0.578. The Balaban J connectivity index is 1.57. The molecule has 0 spiro atoms. The van der Waals surface area contributed by atoms with E-state index >= 15 is 0 Å². The van der Waals surface area contributed by atoms with Crippen LogP contribution in [0.15, 0.2) is 89.7 Å². The molecule has 0 aliphatic rings. The standard InChI is InChI=1S/C22H16BrNO/c23-22-11-9-20(14-24-22)18-6-7-19-13-21(10-8-17(19)12-18)25-15-16-4-2-1-3-5-16/h1-14H,15H2. The van der Waals surface area contributed by atoms with Crippen molar-refractivity contribution >= 4 is 26.7 Å². The van der Waals surface area contributed by atoms with Crippen molar-refractivity contribution in [2.45, 2.75) is 6.61 Å². The molecule has 1 heterocycles. The molecule has 0 aliphatic carbocycles. The summed E-state index contributed by atoms with van der Waals surface area (Å²) in [6.45, 7) is 0.578. The van der Waals surface area contributed by atoms with E-state index in [0.29, 0.717) is 6.61 Å². The first-order chi connectivity index (χ1) is 12.3. The quantitative estimate of drug-likeness (QED) is 0.385. The summed E-state index contributed by atoms with van der Waals surface area (Å²) in [5, 5.41) is 2.35. The minimum atomic E-state index is 0.578. The maximum atomic E-state index is 5.91. The van der Waals surface area contributed by atoms with Gasteiger partial charge in [-0.25, -0.2) is 4.98 Å². The van der Waals surface area contributed by atoms with E-state index in [2.05, 4.69) is 69.4 Å². The third kappa shape index (κ3) is 3.72. The first-order valence-electron chi connectivity index (χ1n) is 8.10. The third-order valence-corrected chi connectivity index (χ3v) is 4.59. The molecule has 0 bridgehead atoms. The van der Waals surface area contributed by atoms with E-state index in [0.717, 1.165) is 21.5 Å². The van der Waals surface area contributed by atoms with Gasteiger partial charge in [-0.2, -0.15) is 0 Å². The van der Waals surface area contributed by atoms with Gasteiger partial charge in [0.05, 0.1) is 0 Å². The molecule has 0 radical (unpaired) electrons. The number of rotatable bonds is 4. The van der Waals surface area contributed by atoms with Crippen LogP contribution in [0.25, 0.3) is 21.9 Å². The Morgan fingerprint density at radius 3 is 2.32 bits per heavy atom. The number of halogens is 1. The van der Waals surface area contributed by atoms with Crippen molar-refractivity contribution in [3.63, 3.8) is 0 Å². The zero-order chi connectivity index (χ0) is 17.1. The fourth-order valence-corrected chi connectivity index (χ4v) is 3.02. The van der Waals surface area contributed by atoms with Crippen molar-refractivity contribution in [1.29, 1.82) is 0 Å². The van der Waals surface area contributed by atoms with Crippen LogP contribution in [0.2, 0.25) is 0 Å². The summed E-state index contributed by atoms with van der Waals surface area (Å²) in [6, 6.07) is 26.9. The number of ether oxygens (including phenoxy) is 1. The van der Waals surface area contributed by atoms with Crippen LogP contribution in [0.5, 0.6) is 5.75 Å². The molecule has 0 aliphatic heterocycles. The highest BCUT2D eigenvalue weighted by molar-refractivity contribution is 9.10. The maximum absolute atomic E-state index is 5.91. The molecule has 4 aromatic rings. The van der Waals surface area contributed by atoms with Gasteiger partial charge in [-0.05, 0) is 62.1 Å². The average Bonchev–Trinajstić information content (AvgIpc) is 2.67. The van der Waals surface area contributed by atoms with Crippen molar-refractivity contribution in [1.82, 2.24) is 4.98 Å². The van der Waals surface area contributed by atoms with Crippen LogP contribution in [0.4, 0.5) is 0 Å². The van der Waals surface area contributed by atoms with Gasteiger partial charge in [0.1, 0.15) is 17.0 Å². The van der Waals surface area contributed by atoms with Gasteiger partial charge in [-0.3, -0.25) is 0 Å². The Hall–Kier alpha value is -2.65. The molecule has 3 heteroatoms. The highest BCUT2D eigenvalue weighted by Crippen LogP contribution is 2.27. The topological polar surface area (TPSA) is 22.1 Å². The zero-order valence-electron chi connectivity index (χ0n) is 13.5. The van der Waals surface area contributed by atoms with Crippen molar-refractivity contribution in [2.24, 2.45) is 0 Å². The summed E-state index contributed by atoms with van der Waals surface area (Å²) in [5.41, 5.74) is 3.43. The van der Waals surface area contributed by atoms with Crippen molar-refractivity contribution in [2.75, 3.05) is 0 Å². The first kappa shape index (κ1) is 15.9. The Morgan fingerprint density at radius 1 is 0.760 bits per heavy atom. The van der Waals surface area contributed by atoms with Crippen LogP contribution in [-0.4, -0.2) is 4.98 Å². The van der Waals surface area contributed by atoms with Crippen molar-refractivity contribution < 1.29 is 4.74 Å². The molecule has 3 aromatic carbocycles. The predicted molar refractivity (Wildman–Crippen MR) is 106 cm³/mol. The SMILES string of the molecule is Brc1ccc(-c2ccc3cc(OCc4ccccc4)ccc3c2)cn1. The monoisotopic (exact) mass is 389 g/mol. The molecule has 25 heavy (non-hydrogen) atoms. The minimum Gasteiger partial charge on any atom is -0.489 e. The number of pyridine rings is 1. The van der Waals surface area contributed by atoms with Crippen LogP contribution >= 0.6 is 15.9 Å². The summed E-state index contributed by atoms with van der Waals surface area (Å²) in [4.78, 5) is 4.30. The molecule has 0 fully saturated rings. The first-order valence-corrected chi connectivity index (χ1v) is 8.90. The summed E-state index contributed by atoms with van der Waals surface area (Å²) < 4.78 is 6.76. The predicted octanol–water partition coefficient (Wildman–Crippen LogP) is 6.24. The molecule has 0 atom stereocenters. The largest absolute Gasteiger partial charge is 0.489 e. The third-order valence-electron chi connectivity index (χ3n) is 4.12. The Bertz CT molecular complexity index is 997. The second-order valence-corrected chi connectivity index (χ2v) is 6.68. The van der Waals surface area contributed by atoms with E-state index in [9.17, 15) is 0 Å². The summed E-state index contributed by atoms with van der Waals surface area (Å²) >= 11 is 3.37. The number of hydrogen-bond acceptors (Lipinski definition) is 2. The van der Waals surface area contributed by atoms with E-state index in [4.69, 9.17) is 4.74 Å². The molecule has 0 unspecified atom stereocenters. The molecular weight excluding hydrogens is 374 g/mol. The maximum Gasteiger partial charge on any atom is 0.120 e. The molecule has 0 amide bonds. The van der Waals surface area contributed by atoms with E-state index in [1.54, 1.807) is 0 Å². The van der Waals surface area contributed by atoms with E-state index in [1.807, 2.05) is 36.5 Å². The molecule has 0 N–H and O–H groups in total. The molecule has 4 rings (SSSR count). The lowest BCUT2D eigenvalue weighted by atomic mass is 10.0. The molecular formula is C22H16BrNO. The van der Waals surface area contributed by atoms with E-state index < -0.39 is 0 Å². The zero-order valence-corrected chi connectivity index (χ0v) is 15.1. The van der Waals surface area contributed by atoms with Crippen LogP contribution in [0, 0.1) is 0 Å². The summed E-state index contributed by atoms with van der Waals surface area (Å²) in [6.07, 6.45) is 1.88. The normalized spacial score (nSPS) is 10.8. The average molecular weight is 390 g/mol. The number of fused-ring (bicyclic) bond motifs is 1. The molecule has 0 saturated heterocycles. The van der Waals surface area contributed by atoms with Crippen LogP contribution in [0.1, 0.15) is 5.56 Å².